The first kappa shape index (κ1) is 20.4. The van der Waals surface area contributed by atoms with Gasteiger partial charge in [0.15, 0.2) is 0 Å². The van der Waals surface area contributed by atoms with Crippen LogP contribution >= 0.6 is 31.9 Å². The van der Waals surface area contributed by atoms with Gasteiger partial charge in [-0.2, -0.15) is 0 Å². The molecule has 3 rings (SSSR count). The summed E-state index contributed by atoms with van der Waals surface area (Å²) < 4.78 is 13.2. The third-order valence-electron chi connectivity index (χ3n) is 4.72. The number of hydrogen-bond donors (Lipinski definition) is 1. The van der Waals surface area contributed by atoms with Crippen LogP contribution in [-0.4, -0.2) is 25.7 Å². The zero-order chi connectivity index (χ0) is 19.1. The zero-order valence-electron chi connectivity index (χ0n) is 15.0. The molecule has 1 heterocycles. The van der Waals surface area contributed by atoms with E-state index in [1.807, 2.05) is 36.4 Å². The Morgan fingerprint density at radius 3 is 2.48 bits per heavy atom. The van der Waals surface area contributed by atoms with Crippen LogP contribution in [0, 0.1) is 0 Å². The molecule has 1 aliphatic rings. The van der Waals surface area contributed by atoms with E-state index in [0.29, 0.717) is 32.7 Å². The second-order valence-corrected chi connectivity index (χ2v) is 8.49. The van der Waals surface area contributed by atoms with Gasteiger partial charge in [0.1, 0.15) is 5.75 Å². The summed E-state index contributed by atoms with van der Waals surface area (Å²) in [5, 5.41) is 3.28. The average molecular weight is 497 g/mol. The normalized spacial score (nSPS) is 15.9. The van der Waals surface area contributed by atoms with E-state index >= 15 is 0 Å². The van der Waals surface area contributed by atoms with E-state index in [2.05, 4.69) is 49.3 Å². The fraction of sp³-hybridized carbons (Fsp3) is 0.381. The zero-order valence-corrected chi connectivity index (χ0v) is 18.2. The maximum atomic E-state index is 12.6. The van der Waals surface area contributed by atoms with Crippen molar-refractivity contribution in [2.45, 2.75) is 31.2 Å². The molecule has 0 saturated carbocycles. The highest BCUT2D eigenvalue weighted by Crippen LogP contribution is 2.33. The Bertz CT molecular complexity index is 776. The van der Waals surface area contributed by atoms with Gasteiger partial charge in [-0.25, -0.2) is 0 Å². The summed E-state index contributed by atoms with van der Waals surface area (Å²) in [5.41, 5.74) is 0.767. The van der Waals surface area contributed by atoms with Crippen LogP contribution in [0.1, 0.15) is 31.2 Å². The topological polar surface area (TPSA) is 47.6 Å². The first-order chi connectivity index (χ1) is 13.1. The minimum atomic E-state index is -0.357. The Morgan fingerprint density at radius 1 is 1.07 bits per heavy atom. The van der Waals surface area contributed by atoms with Crippen molar-refractivity contribution in [1.29, 1.82) is 0 Å². The number of carbonyl (C=O) groups is 1. The van der Waals surface area contributed by atoms with Crippen LogP contribution in [0.5, 0.6) is 5.75 Å². The molecule has 0 aliphatic carbocycles. The van der Waals surface area contributed by atoms with Gasteiger partial charge in [0.25, 0.3) is 0 Å². The molecular weight excluding hydrogens is 474 g/mol. The molecule has 27 heavy (non-hydrogen) atoms. The summed E-state index contributed by atoms with van der Waals surface area (Å²) in [7, 11) is 0. The van der Waals surface area contributed by atoms with Gasteiger partial charge in [-0.05, 0) is 55.2 Å². The van der Waals surface area contributed by atoms with Crippen molar-refractivity contribution in [3.63, 3.8) is 0 Å². The predicted octanol–water partition coefficient (Wildman–Crippen LogP) is 5.19. The van der Waals surface area contributed by atoms with Gasteiger partial charge in [-0.1, -0.05) is 50.1 Å². The number of hydrogen-bond acceptors (Lipinski definition) is 3. The summed E-state index contributed by atoms with van der Waals surface area (Å²) in [6.07, 6.45) is 2.67. The smallest absolute Gasteiger partial charge is 0.220 e. The number of ether oxygens (including phenoxy) is 2. The van der Waals surface area contributed by atoms with Gasteiger partial charge in [-0.3, -0.25) is 4.79 Å². The first-order valence-electron chi connectivity index (χ1n) is 9.11. The third kappa shape index (κ3) is 5.80. The fourth-order valence-corrected chi connectivity index (χ4v) is 4.08. The highest BCUT2D eigenvalue weighted by molar-refractivity contribution is 9.10. The second kappa shape index (κ2) is 9.71. The van der Waals surface area contributed by atoms with Gasteiger partial charge in [-0.15, -0.1) is 0 Å². The number of rotatable bonds is 7. The molecule has 0 atom stereocenters. The average Bonchev–Trinajstić information content (AvgIpc) is 2.66. The van der Waals surface area contributed by atoms with Crippen LogP contribution < -0.4 is 10.1 Å². The molecule has 1 saturated heterocycles. The van der Waals surface area contributed by atoms with Crippen LogP contribution in [0.25, 0.3) is 0 Å². The van der Waals surface area contributed by atoms with Crippen molar-refractivity contribution < 1.29 is 14.3 Å². The monoisotopic (exact) mass is 495 g/mol. The van der Waals surface area contributed by atoms with E-state index in [-0.39, 0.29) is 11.4 Å². The molecule has 1 fully saturated rings. The van der Waals surface area contributed by atoms with E-state index in [9.17, 15) is 4.79 Å². The van der Waals surface area contributed by atoms with Gasteiger partial charge in [0.05, 0.1) is 12.1 Å². The van der Waals surface area contributed by atoms with E-state index in [1.54, 1.807) is 0 Å². The van der Waals surface area contributed by atoms with Gasteiger partial charge >= 0.3 is 0 Å². The van der Waals surface area contributed by atoms with Crippen molar-refractivity contribution in [2.24, 2.45) is 0 Å². The Labute approximate surface area is 176 Å². The lowest BCUT2D eigenvalue weighted by molar-refractivity contribution is -0.124. The quantitative estimate of drug-likeness (QED) is 0.536. The molecule has 1 amide bonds. The summed E-state index contributed by atoms with van der Waals surface area (Å²) >= 11 is 6.96. The third-order valence-corrected chi connectivity index (χ3v) is 5.70. The molecule has 0 aromatic heterocycles. The van der Waals surface area contributed by atoms with Gasteiger partial charge in [0, 0.05) is 28.6 Å². The molecule has 144 valence electrons. The molecule has 0 spiro atoms. The van der Waals surface area contributed by atoms with Crippen molar-refractivity contribution in [3.05, 3.63) is 63.0 Å². The van der Waals surface area contributed by atoms with Crippen LogP contribution in [-0.2, 0) is 15.1 Å². The van der Waals surface area contributed by atoms with E-state index < -0.39 is 0 Å². The predicted molar refractivity (Wildman–Crippen MR) is 113 cm³/mol. The maximum absolute atomic E-state index is 12.6. The Morgan fingerprint density at radius 2 is 1.78 bits per heavy atom. The molecule has 0 radical (unpaired) electrons. The molecule has 2 aromatic carbocycles. The fourth-order valence-electron chi connectivity index (χ4n) is 3.30. The summed E-state index contributed by atoms with van der Waals surface area (Å²) in [6, 6.07) is 15.9. The number of amides is 1. The van der Waals surface area contributed by atoms with Crippen molar-refractivity contribution in [2.75, 3.05) is 19.8 Å². The Hall–Kier alpha value is -1.37. The number of carbonyl (C=O) groups excluding carboxylic acids is 1. The molecule has 4 nitrogen and oxygen atoms in total. The number of nitrogens with one attached hydrogen (secondary N) is 1. The standard InChI is InChI=1S/C21H23Br2NO3/c22-17-5-1-4-16(14-17)21(9-12-26-13-10-21)24-20(25)8-3-11-27-19-7-2-6-18(23)15-19/h1-2,4-7,14-15H,3,8-13H2,(H,24,25). The highest BCUT2D eigenvalue weighted by atomic mass is 79.9. The molecule has 1 N–H and O–H groups in total. The Kier molecular flexibility index (Phi) is 7.33. The summed E-state index contributed by atoms with van der Waals surface area (Å²) in [6.45, 7) is 1.81. The largest absolute Gasteiger partial charge is 0.494 e. The van der Waals surface area contributed by atoms with Crippen molar-refractivity contribution in [1.82, 2.24) is 5.32 Å². The van der Waals surface area contributed by atoms with E-state index in [4.69, 9.17) is 9.47 Å². The number of benzene rings is 2. The lowest BCUT2D eigenvalue weighted by Gasteiger charge is -2.38. The lowest BCUT2D eigenvalue weighted by atomic mass is 9.82. The molecular formula is C21H23Br2NO3. The van der Waals surface area contributed by atoms with Crippen LogP contribution in [0.4, 0.5) is 0 Å². The second-order valence-electron chi connectivity index (χ2n) is 6.66. The summed E-state index contributed by atoms with van der Waals surface area (Å²) in [5.74, 6) is 0.856. The van der Waals surface area contributed by atoms with Gasteiger partial charge < -0.3 is 14.8 Å². The van der Waals surface area contributed by atoms with Crippen molar-refractivity contribution in [3.8, 4) is 5.75 Å². The molecule has 6 heteroatoms. The van der Waals surface area contributed by atoms with E-state index in [0.717, 1.165) is 33.1 Å². The molecule has 0 unspecified atom stereocenters. The van der Waals surface area contributed by atoms with Crippen LogP contribution in [0.15, 0.2) is 57.5 Å². The summed E-state index contributed by atoms with van der Waals surface area (Å²) in [4.78, 5) is 12.6. The minimum absolute atomic E-state index is 0.0507. The lowest BCUT2D eigenvalue weighted by Crippen LogP contribution is -2.49. The van der Waals surface area contributed by atoms with Gasteiger partial charge in [0.2, 0.25) is 5.91 Å². The molecule has 2 aromatic rings. The van der Waals surface area contributed by atoms with Crippen LogP contribution in [0.2, 0.25) is 0 Å². The van der Waals surface area contributed by atoms with Crippen molar-refractivity contribution >= 4 is 37.8 Å². The maximum Gasteiger partial charge on any atom is 0.220 e. The first-order valence-corrected chi connectivity index (χ1v) is 10.7. The molecule has 1 aliphatic heterocycles. The highest BCUT2D eigenvalue weighted by Gasteiger charge is 2.35. The van der Waals surface area contributed by atoms with E-state index in [1.165, 1.54) is 0 Å². The SMILES string of the molecule is O=C(CCCOc1cccc(Br)c1)NC1(c2cccc(Br)c2)CCOCC1. The Balaban J connectivity index is 1.55. The van der Waals surface area contributed by atoms with Crippen LogP contribution in [0.3, 0.4) is 0 Å². The minimum Gasteiger partial charge on any atom is -0.494 e. The molecule has 0 bridgehead atoms. The number of halogens is 2.